The summed E-state index contributed by atoms with van der Waals surface area (Å²) < 4.78 is 0. The van der Waals surface area contributed by atoms with E-state index in [4.69, 9.17) is 11.6 Å². The van der Waals surface area contributed by atoms with Gasteiger partial charge in [0, 0.05) is 5.02 Å². The third kappa shape index (κ3) is 3.66. The fourth-order valence-electron chi connectivity index (χ4n) is 1.21. The molecule has 0 fully saturated rings. The van der Waals surface area contributed by atoms with Crippen molar-refractivity contribution in [3.05, 3.63) is 34.9 Å². The molecule has 1 atom stereocenters. The van der Waals surface area contributed by atoms with Gasteiger partial charge in [-0.25, -0.2) is 0 Å². The van der Waals surface area contributed by atoms with E-state index in [0.717, 1.165) is 5.56 Å². The molecular weight excluding hydrogens is 226 g/mol. The van der Waals surface area contributed by atoms with Crippen LogP contribution in [0.2, 0.25) is 5.02 Å². The fourth-order valence-corrected chi connectivity index (χ4v) is 1.41. The average Bonchev–Trinajstić information content (AvgIpc) is 2.21. The monoisotopic (exact) mass is 239 g/mol. The largest absolute Gasteiger partial charge is 0.346 e. The highest BCUT2D eigenvalue weighted by Crippen LogP contribution is 2.15. The van der Waals surface area contributed by atoms with Crippen LogP contribution in [0.5, 0.6) is 0 Å². The number of hydrogen-bond acceptors (Lipinski definition) is 2. The summed E-state index contributed by atoms with van der Waals surface area (Å²) in [5.74, 6) is -0.261. The van der Waals surface area contributed by atoms with E-state index in [1.165, 1.54) is 6.92 Å². The lowest BCUT2D eigenvalue weighted by atomic mass is 10.1. The van der Waals surface area contributed by atoms with E-state index >= 15 is 0 Å². The number of rotatable bonds is 4. The average molecular weight is 240 g/mol. The highest BCUT2D eigenvalue weighted by atomic mass is 35.5. The van der Waals surface area contributed by atoms with Crippen molar-refractivity contribution in [1.82, 2.24) is 5.32 Å². The first-order chi connectivity index (χ1) is 7.50. The Morgan fingerprint density at radius 3 is 2.56 bits per heavy atom. The van der Waals surface area contributed by atoms with Gasteiger partial charge in [0.05, 0.1) is 12.5 Å². The molecule has 0 aliphatic rings. The molecule has 1 unspecified atom stereocenters. The Labute approximate surface area is 99.8 Å². The summed E-state index contributed by atoms with van der Waals surface area (Å²) in [6.07, 6.45) is 0.192. The van der Waals surface area contributed by atoms with Gasteiger partial charge in [-0.3, -0.25) is 9.59 Å². The summed E-state index contributed by atoms with van der Waals surface area (Å²) in [6, 6.07) is 6.71. The SMILES string of the molecule is CC(=O)C(C)NC(=O)Cc1ccccc1Cl. The number of Topliss-reactive ketones (excluding diaryl/α,β-unsaturated/α-hetero) is 1. The standard InChI is InChI=1S/C12H14ClNO2/c1-8(9(2)15)14-12(16)7-10-5-3-4-6-11(10)13/h3-6,8H,7H2,1-2H3,(H,14,16). The van der Waals surface area contributed by atoms with Gasteiger partial charge < -0.3 is 5.32 Å². The second-order valence-electron chi connectivity index (χ2n) is 3.67. The lowest BCUT2D eigenvalue weighted by molar-refractivity contribution is -0.126. The van der Waals surface area contributed by atoms with Gasteiger partial charge in [-0.2, -0.15) is 0 Å². The first kappa shape index (κ1) is 12.7. The minimum atomic E-state index is -0.449. The van der Waals surface area contributed by atoms with E-state index in [1.807, 2.05) is 12.1 Å². The van der Waals surface area contributed by atoms with Gasteiger partial charge in [0.2, 0.25) is 5.91 Å². The molecule has 86 valence electrons. The quantitative estimate of drug-likeness (QED) is 0.873. The van der Waals surface area contributed by atoms with E-state index in [0.29, 0.717) is 5.02 Å². The molecular formula is C12H14ClNO2. The molecule has 0 aliphatic heterocycles. The summed E-state index contributed by atoms with van der Waals surface area (Å²) in [5, 5.41) is 3.17. The van der Waals surface area contributed by atoms with Gasteiger partial charge in [0.25, 0.3) is 0 Å². The molecule has 1 aromatic rings. The molecule has 1 N–H and O–H groups in total. The highest BCUT2D eigenvalue weighted by Gasteiger charge is 2.12. The molecule has 1 rings (SSSR count). The third-order valence-corrected chi connectivity index (χ3v) is 2.66. The topological polar surface area (TPSA) is 46.2 Å². The lowest BCUT2D eigenvalue weighted by Gasteiger charge is -2.10. The van der Waals surface area contributed by atoms with Crippen LogP contribution in [0.4, 0.5) is 0 Å². The van der Waals surface area contributed by atoms with Crippen LogP contribution in [0.3, 0.4) is 0 Å². The first-order valence-corrected chi connectivity index (χ1v) is 5.41. The Bertz CT molecular complexity index is 404. The normalized spacial score (nSPS) is 11.9. The number of hydrogen-bond donors (Lipinski definition) is 1. The maximum atomic E-state index is 11.6. The van der Waals surface area contributed by atoms with Crippen molar-refractivity contribution >= 4 is 23.3 Å². The molecule has 0 saturated heterocycles. The van der Waals surface area contributed by atoms with Crippen LogP contribution in [0.1, 0.15) is 19.4 Å². The number of benzene rings is 1. The number of nitrogens with one attached hydrogen (secondary N) is 1. The predicted molar refractivity (Wildman–Crippen MR) is 63.4 cm³/mol. The van der Waals surface area contributed by atoms with Gasteiger partial charge in [0.15, 0.2) is 5.78 Å². The van der Waals surface area contributed by atoms with Crippen LogP contribution >= 0.6 is 11.6 Å². The number of ketones is 1. The number of carbonyl (C=O) groups excluding carboxylic acids is 2. The van der Waals surface area contributed by atoms with E-state index in [1.54, 1.807) is 19.1 Å². The van der Waals surface area contributed by atoms with Crippen LogP contribution in [0, 0.1) is 0 Å². The van der Waals surface area contributed by atoms with Crippen molar-refractivity contribution in [2.24, 2.45) is 0 Å². The summed E-state index contributed by atoms with van der Waals surface area (Å²) >= 11 is 5.92. The first-order valence-electron chi connectivity index (χ1n) is 5.04. The molecule has 0 spiro atoms. The molecule has 1 aromatic carbocycles. The van der Waals surface area contributed by atoms with Crippen LogP contribution in [0.25, 0.3) is 0 Å². The van der Waals surface area contributed by atoms with Gasteiger partial charge in [-0.05, 0) is 25.5 Å². The minimum absolute atomic E-state index is 0.0625. The Balaban J connectivity index is 2.59. The second-order valence-corrected chi connectivity index (χ2v) is 4.08. The minimum Gasteiger partial charge on any atom is -0.346 e. The van der Waals surface area contributed by atoms with E-state index in [-0.39, 0.29) is 18.1 Å². The number of halogens is 1. The molecule has 3 nitrogen and oxygen atoms in total. The number of carbonyl (C=O) groups is 2. The molecule has 0 aliphatic carbocycles. The van der Waals surface area contributed by atoms with Gasteiger partial charge >= 0.3 is 0 Å². The third-order valence-electron chi connectivity index (χ3n) is 2.30. The van der Waals surface area contributed by atoms with Crippen molar-refractivity contribution in [2.45, 2.75) is 26.3 Å². The van der Waals surface area contributed by atoms with Gasteiger partial charge in [0.1, 0.15) is 0 Å². The Kier molecular flexibility index (Phi) is 4.50. The zero-order valence-electron chi connectivity index (χ0n) is 9.29. The Morgan fingerprint density at radius 2 is 2.00 bits per heavy atom. The van der Waals surface area contributed by atoms with Crippen molar-refractivity contribution in [2.75, 3.05) is 0 Å². The van der Waals surface area contributed by atoms with Gasteiger partial charge in [-0.15, -0.1) is 0 Å². The Hall–Kier alpha value is -1.35. The van der Waals surface area contributed by atoms with Crippen molar-refractivity contribution in [3.63, 3.8) is 0 Å². The van der Waals surface area contributed by atoms with Gasteiger partial charge in [-0.1, -0.05) is 29.8 Å². The van der Waals surface area contributed by atoms with Crippen LogP contribution in [0.15, 0.2) is 24.3 Å². The molecule has 1 amide bonds. The summed E-state index contributed by atoms with van der Waals surface area (Å²) in [5.41, 5.74) is 0.761. The smallest absolute Gasteiger partial charge is 0.225 e. The van der Waals surface area contributed by atoms with E-state index < -0.39 is 6.04 Å². The lowest BCUT2D eigenvalue weighted by Crippen LogP contribution is -2.38. The van der Waals surface area contributed by atoms with Crippen molar-refractivity contribution in [1.29, 1.82) is 0 Å². The van der Waals surface area contributed by atoms with E-state index in [2.05, 4.69) is 5.32 Å². The maximum absolute atomic E-state index is 11.6. The van der Waals surface area contributed by atoms with Crippen LogP contribution < -0.4 is 5.32 Å². The van der Waals surface area contributed by atoms with Crippen LogP contribution in [-0.4, -0.2) is 17.7 Å². The molecule has 0 heterocycles. The molecule has 0 aromatic heterocycles. The van der Waals surface area contributed by atoms with Crippen LogP contribution in [-0.2, 0) is 16.0 Å². The highest BCUT2D eigenvalue weighted by molar-refractivity contribution is 6.31. The second kappa shape index (κ2) is 5.66. The Morgan fingerprint density at radius 1 is 1.38 bits per heavy atom. The fraction of sp³-hybridized carbons (Fsp3) is 0.333. The molecule has 0 bridgehead atoms. The molecule has 4 heteroatoms. The zero-order chi connectivity index (χ0) is 12.1. The van der Waals surface area contributed by atoms with E-state index in [9.17, 15) is 9.59 Å². The summed E-state index contributed by atoms with van der Waals surface area (Å²) in [6.45, 7) is 3.10. The molecule has 0 saturated carbocycles. The molecule has 16 heavy (non-hydrogen) atoms. The molecule has 0 radical (unpaired) electrons. The van der Waals surface area contributed by atoms with Crippen molar-refractivity contribution in [3.8, 4) is 0 Å². The zero-order valence-corrected chi connectivity index (χ0v) is 10.0. The predicted octanol–water partition coefficient (Wildman–Crippen LogP) is 1.98. The number of amides is 1. The maximum Gasteiger partial charge on any atom is 0.225 e. The van der Waals surface area contributed by atoms with Crippen molar-refractivity contribution < 1.29 is 9.59 Å². The summed E-state index contributed by atoms with van der Waals surface area (Å²) in [4.78, 5) is 22.5. The summed E-state index contributed by atoms with van der Waals surface area (Å²) in [7, 11) is 0.